The molecule has 0 bridgehead atoms. The number of rotatable bonds is 3. The van der Waals surface area contributed by atoms with Crippen LogP contribution in [0.5, 0.6) is 0 Å². The molecule has 2 N–H and O–H groups in total. The monoisotopic (exact) mass is 291 g/mol. The third kappa shape index (κ3) is 3.01. The van der Waals surface area contributed by atoms with Crippen LogP contribution in [0.15, 0.2) is 66.7 Å². The molecule has 3 rings (SSSR count). The Bertz CT molecular complexity index is 791. The first-order valence-corrected chi connectivity index (χ1v) is 7.32. The van der Waals surface area contributed by atoms with Crippen molar-refractivity contribution in [1.29, 1.82) is 0 Å². The molecule has 1 nitrogen and oxygen atoms in total. The van der Waals surface area contributed by atoms with E-state index >= 15 is 0 Å². The Hall–Kier alpha value is -2.61. The summed E-state index contributed by atoms with van der Waals surface area (Å²) in [5.41, 5.74) is 12.0. The Labute approximate surface area is 130 Å². The molecule has 0 aliphatic carbocycles. The minimum absolute atomic E-state index is 0.269. The maximum atomic E-state index is 13.6. The average molecular weight is 291 g/mol. The van der Waals surface area contributed by atoms with Gasteiger partial charge < -0.3 is 5.73 Å². The Balaban J connectivity index is 2.03. The predicted octanol–water partition coefficient (Wildman–Crippen LogP) is 4.97. The van der Waals surface area contributed by atoms with E-state index in [0.717, 1.165) is 23.1 Å². The van der Waals surface area contributed by atoms with Crippen molar-refractivity contribution in [2.24, 2.45) is 0 Å². The van der Waals surface area contributed by atoms with Crippen LogP contribution in [0.25, 0.3) is 11.1 Å². The van der Waals surface area contributed by atoms with Crippen LogP contribution in [-0.4, -0.2) is 0 Å². The van der Waals surface area contributed by atoms with Crippen LogP contribution in [0.4, 0.5) is 10.1 Å². The van der Waals surface area contributed by atoms with Gasteiger partial charge in [-0.05, 0) is 48.2 Å². The summed E-state index contributed by atoms with van der Waals surface area (Å²) in [5, 5.41) is 0. The molecule has 0 aliphatic heterocycles. The summed E-state index contributed by atoms with van der Waals surface area (Å²) in [7, 11) is 0. The number of anilines is 1. The Morgan fingerprint density at radius 1 is 0.864 bits per heavy atom. The first-order valence-electron chi connectivity index (χ1n) is 7.32. The number of aryl methyl sites for hydroxylation is 1. The molecule has 0 heterocycles. The van der Waals surface area contributed by atoms with Gasteiger partial charge in [0.2, 0.25) is 0 Å². The normalized spacial score (nSPS) is 10.6. The van der Waals surface area contributed by atoms with E-state index in [-0.39, 0.29) is 5.82 Å². The Morgan fingerprint density at radius 3 is 2.36 bits per heavy atom. The van der Waals surface area contributed by atoms with Gasteiger partial charge in [-0.1, -0.05) is 54.1 Å². The smallest absolute Gasteiger partial charge is 0.123 e. The van der Waals surface area contributed by atoms with Gasteiger partial charge in [0.1, 0.15) is 5.82 Å². The first-order chi connectivity index (χ1) is 10.6. The summed E-state index contributed by atoms with van der Waals surface area (Å²) >= 11 is 0. The molecule has 0 aliphatic rings. The second-order valence-electron chi connectivity index (χ2n) is 5.55. The number of hydrogen-bond donors (Lipinski definition) is 1. The van der Waals surface area contributed by atoms with Crippen molar-refractivity contribution in [1.82, 2.24) is 0 Å². The van der Waals surface area contributed by atoms with Crippen molar-refractivity contribution in [2.45, 2.75) is 13.3 Å². The summed E-state index contributed by atoms with van der Waals surface area (Å²) in [6.45, 7) is 2.07. The van der Waals surface area contributed by atoms with Crippen molar-refractivity contribution >= 4 is 5.69 Å². The highest BCUT2D eigenvalue weighted by atomic mass is 19.1. The van der Waals surface area contributed by atoms with Crippen LogP contribution in [0.1, 0.15) is 16.7 Å². The maximum Gasteiger partial charge on any atom is 0.123 e. The van der Waals surface area contributed by atoms with Crippen LogP contribution in [0, 0.1) is 12.7 Å². The fraction of sp³-hybridized carbons (Fsp3) is 0.100. The molecule has 0 fully saturated rings. The van der Waals surface area contributed by atoms with E-state index in [2.05, 4.69) is 37.3 Å². The lowest BCUT2D eigenvalue weighted by atomic mass is 9.94. The molecule has 2 heteroatoms. The van der Waals surface area contributed by atoms with Crippen LogP contribution >= 0.6 is 0 Å². The molecule has 0 saturated carbocycles. The van der Waals surface area contributed by atoms with Gasteiger partial charge in [-0.25, -0.2) is 4.39 Å². The zero-order valence-corrected chi connectivity index (χ0v) is 12.5. The van der Waals surface area contributed by atoms with Crippen molar-refractivity contribution in [3.05, 3.63) is 89.2 Å². The minimum Gasteiger partial charge on any atom is -0.398 e. The predicted molar refractivity (Wildman–Crippen MR) is 90.2 cm³/mol. The van der Waals surface area contributed by atoms with E-state index in [1.54, 1.807) is 6.07 Å². The molecule has 0 spiro atoms. The number of nitrogen functional groups attached to an aromatic ring is 1. The van der Waals surface area contributed by atoms with Gasteiger partial charge in [0.05, 0.1) is 0 Å². The van der Waals surface area contributed by atoms with Crippen molar-refractivity contribution < 1.29 is 4.39 Å². The standard InChI is InChI=1S/C20H18FN/c1-14-6-8-15(9-7-14)12-16-4-2-3-5-18(16)19-13-17(21)10-11-20(19)22/h2-11,13H,12,22H2,1H3. The highest BCUT2D eigenvalue weighted by Crippen LogP contribution is 2.30. The zero-order chi connectivity index (χ0) is 15.5. The number of nitrogens with two attached hydrogens (primary N) is 1. The van der Waals surface area contributed by atoms with Crippen molar-refractivity contribution in [2.75, 3.05) is 5.73 Å². The van der Waals surface area contributed by atoms with Crippen LogP contribution < -0.4 is 5.73 Å². The van der Waals surface area contributed by atoms with Gasteiger partial charge in [0.25, 0.3) is 0 Å². The topological polar surface area (TPSA) is 26.0 Å². The lowest BCUT2D eigenvalue weighted by Crippen LogP contribution is -1.96. The summed E-state index contributed by atoms with van der Waals surface area (Å²) < 4.78 is 13.6. The fourth-order valence-corrected chi connectivity index (χ4v) is 2.62. The molecular weight excluding hydrogens is 273 g/mol. The zero-order valence-electron chi connectivity index (χ0n) is 12.5. The average Bonchev–Trinajstić information content (AvgIpc) is 2.53. The first kappa shape index (κ1) is 14.3. The van der Waals surface area contributed by atoms with E-state index in [4.69, 9.17) is 5.73 Å². The fourth-order valence-electron chi connectivity index (χ4n) is 2.62. The number of halogens is 1. The Morgan fingerprint density at radius 2 is 1.59 bits per heavy atom. The second kappa shape index (κ2) is 6.02. The third-order valence-corrected chi connectivity index (χ3v) is 3.84. The summed E-state index contributed by atoms with van der Waals surface area (Å²) in [5.74, 6) is -0.269. The molecule has 0 saturated heterocycles. The SMILES string of the molecule is Cc1ccc(Cc2ccccc2-c2cc(F)ccc2N)cc1. The van der Waals surface area contributed by atoms with E-state index in [1.807, 2.05) is 18.2 Å². The molecule has 0 amide bonds. The quantitative estimate of drug-likeness (QED) is 0.677. The van der Waals surface area contributed by atoms with Gasteiger partial charge >= 0.3 is 0 Å². The molecule has 0 unspecified atom stereocenters. The van der Waals surface area contributed by atoms with Gasteiger partial charge in [-0.2, -0.15) is 0 Å². The molecule has 110 valence electrons. The number of benzene rings is 3. The highest BCUT2D eigenvalue weighted by Gasteiger charge is 2.09. The molecule has 3 aromatic carbocycles. The third-order valence-electron chi connectivity index (χ3n) is 3.84. The van der Waals surface area contributed by atoms with Crippen LogP contribution in [-0.2, 0) is 6.42 Å². The van der Waals surface area contributed by atoms with Gasteiger partial charge in [0.15, 0.2) is 0 Å². The van der Waals surface area contributed by atoms with E-state index < -0.39 is 0 Å². The van der Waals surface area contributed by atoms with Gasteiger partial charge in [-0.3, -0.25) is 0 Å². The van der Waals surface area contributed by atoms with Crippen LogP contribution in [0.3, 0.4) is 0 Å². The van der Waals surface area contributed by atoms with Gasteiger partial charge in [0, 0.05) is 11.3 Å². The van der Waals surface area contributed by atoms with E-state index in [0.29, 0.717) is 5.69 Å². The molecule has 3 aromatic rings. The lowest BCUT2D eigenvalue weighted by molar-refractivity contribution is 0.628. The lowest BCUT2D eigenvalue weighted by Gasteiger charge is -2.12. The Kier molecular flexibility index (Phi) is 3.92. The van der Waals surface area contributed by atoms with E-state index in [1.165, 1.54) is 23.3 Å². The molecule has 0 atom stereocenters. The molecular formula is C20H18FN. The van der Waals surface area contributed by atoms with Crippen molar-refractivity contribution in [3.8, 4) is 11.1 Å². The van der Waals surface area contributed by atoms with E-state index in [9.17, 15) is 4.39 Å². The summed E-state index contributed by atoms with van der Waals surface area (Å²) in [6.07, 6.45) is 0.798. The van der Waals surface area contributed by atoms with Crippen LogP contribution in [0.2, 0.25) is 0 Å². The maximum absolute atomic E-state index is 13.6. The molecule has 0 radical (unpaired) electrons. The molecule has 0 aromatic heterocycles. The van der Waals surface area contributed by atoms with Gasteiger partial charge in [-0.15, -0.1) is 0 Å². The number of hydrogen-bond acceptors (Lipinski definition) is 1. The summed E-state index contributed by atoms with van der Waals surface area (Å²) in [6, 6.07) is 21.0. The molecule has 22 heavy (non-hydrogen) atoms. The highest BCUT2D eigenvalue weighted by molar-refractivity contribution is 5.78. The minimum atomic E-state index is -0.269. The second-order valence-corrected chi connectivity index (χ2v) is 5.55. The largest absolute Gasteiger partial charge is 0.398 e. The van der Waals surface area contributed by atoms with Crippen molar-refractivity contribution in [3.63, 3.8) is 0 Å². The summed E-state index contributed by atoms with van der Waals surface area (Å²) in [4.78, 5) is 0.